The Morgan fingerprint density at radius 1 is 1.56 bits per heavy atom. The van der Waals surface area contributed by atoms with Gasteiger partial charge >= 0.3 is 0 Å². The van der Waals surface area contributed by atoms with Crippen molar-refractivity contribution in [2.45, 2.75) is 44.2 Å². The lowest BCUT2D eigenvalue weighted by Gasteiger charge is -2.14. The van der Waals surface area contributed by atoms with Gasteiger partial charge in [0.1, 0.15) is 0 Å². The second kappa shape index (κ2) is 8.93. The van der Waals surface area contributed by atoms with Gasteiger partial charge in [0.15, 0.2) is 0 Å². The molecule has 0 aromatic carbocycles. The molecule has 4 nitrogen and oxygen atoms in total. The van der Waals surface area contributed by atoms with Crippen LogP contribution in [0.4, 0.5) is 0 Å². The Morgan fingerprint density at radius 3 is 3.12 bits per heavy atom. The van der Waals surface area contributed by atoms with Crippen LogP contribution in [0, 0.1) is 0 Å². The number of nitrogens with two attached hydrogens (primary N) is 1. The lowest BCUT2D eigenvalue weighted by Crippen LogP contribution is -2.35. The molecule has 0 aliphatic carbocycles. The van der Waals surface area contributed by atoms with Crippen molar-refractivity contribution in [1.82, 2.24) is 5.32 Å². The van der Waals surface area contributed by atoms with E-state index in [9.17, 15) is 0 Å². The van der Waals surface area contributed by atoms with Crippen molar-refractivity contribution in [3.63, 3.8) is 0 Å². The summed E-state index contributed by atoms with van der Waals surface area (Å²) in [5, 5.41) is 3.39. The quantitative estimate of drug-likeness (QED) is 0.578. The third-order valence-corrected chi connectivity index (χ3v) is 3.00. The van der Waals surface area contributed by atoms with Crippen molar-refractivity contribution in [2.75, 3.05) is 33.4 Å². The maximum atomic E-state index is 5.96. The molecule has 16 heavy (non-hydrogen) atoms. The highest BCUT2D eigenvalue weighted by molar-refractivity contribution is 4.68. The normalized spacial score (nSPS) is 22.5. The average molecular weight is 230 g/mol. The molecule has 0 bridgehead atoms. The van der Waals surface area contributed by atoms with Crippen molar-refractivity contribution in [1.29, 1.82) is 0 Å². The molecule has 1 fully saturated rings. The Balaban J connectivity index is 1.85. The molecule has 0 amide bonds. The minimum absolute atomic E-state index is 0.250. The van der Waals surface area contributed by atoms with Crippen LogP contribution < -0.4 is 11.1 Å². The Hall–Kier alpha value is -0.160. The van der Waals surface area contributed by atoms with Crippen LogP contribution in [-0.4, -0.2) is 45.6 Å². The highest BCUT2D eigenvalue weighted by Gasteiger charge is 2.14. The SMILES string of the molecule is COCCCC(N)CNCCC1CCCO1. The van der Waals surface area contributed by atoms with Crippen LogP contribution in [-0.2, 0) is 9.47 Å². The minimum Gasteiger partial charge on any atom is -0.385 e. The number of ether oxygens (including phenoxy) is 2. The predicted molar refractivity (Wildman–Crippen MR) is 65.5 cm³/mol. The molecule has 1 saturated heterocycles. The van der Waals surface area contributed by atoms with E-state index in [4.69, 9.17) is 15.2 Å². The van der Waals surface area contributed by atoms with E-state index in [2.05, 4.69) is 5.32 Å². The molecule has 0 spiro atoms. The van der Waals surface area contributed by atoms with Gasteiger partial charge in [0.25, 0.3) is 0 Å². The summed E-state index contributed by atoms with van der Waals surface area (Å²) < 4.78 is 10.5. The van der Waals surface area contributed by atoms with Crippen molar-refractivity contribution in [3.8, 4) is 0 Å². The number of rotatable bonds is 9. The summed E-state index contributed by atoms with van der Waals surface area (Å²) in [5.41, 5.74) is 5.96. The topological polar surface area (TPSA) is 56.5 Å². The summed E-state index contributed by atoms with van der Waals surface area (Å²) in [5.74, 6) is 0. The van der Waals surface area contributed by atoms with Crippen molar-refractivity contribution in [3.05, 3.63) is 0 Å². The van der Waals surface area contributed by atoms with Crippen molar-refractivity contribution >= 4 is 0 Å². The van der Waals surface area contributed by atoms with Gasteiger partial charge in [0.05, 0.1) is 6.10 Å². The van der Waals surface area contributed by atoms with Crippen molar-refractivity contribution < 1.29 is 9.47 Å². The zero-order chi connectivity index (χ0) is 11.6. The fraction of sp³-hybridized carbons (Fsp3) is 1.00. The summed E-state index contributed by atoms with van der Waals surface area (Å²) >= 11 is 0. The molecule has 2 atom stereocenters. The molecule has 0 radical (unpaired) electrons. The first kappa shape index (κ1) is 13.9. The van der Waals surface area contributed by atoms with E-state index in [1.807, 2.05) is 0 Å². The zero-order valence-corrected chi connectivity index (χ0v) is 10.4. The molecule has 1 heterocycles. The van der Waals surface area contributed by atoms with Crippen LogP contribution in [0.2, 0.25) is 0 Å². The van der Waals surface area contributed by atoms with Gasteiger partial charge in [0, 0.05) is 32.9 Å². The third-order valence-electron chi connectivity index (χ3n) is 3.00. The second-order valence-electron chi connectivity index (χ2n) is 4.52. The number of hydrogen-bond donors (Lipinski definition) is 2. The van der Waals surface area contributed by atoms with Gasteiger partial charge in [-0.2, -0.15) is 0 Å². The van der Waals surface area contributed by atoms with E-state index < -0.39 is 0 Å². The summed E-state index contributed by atoms with van der Waals surface area (Å²) in [7, 11) is 1.73. The van der Waals surface area contributed by atoms with Gasteiger partial charge in [-0.15, -0.1) is 0 Å². The molecule has 0 saturated carbocycles. The number of methoxy groups -OCH3 is 1. The number of nitrogens with one attached hydrogen (secondary N) is 1. The van der Waals surface area contributed by atoms with Gasteiger partial charge in [-0.1, -0.05) is 0 Å². The molecule has 3 N–H and O–H groups in total. The first-order valence-electron chi connectivity index (χ1n) is 6.39. The number of hydrogen-bond acceptors (Lipinski definition) is 4. The van der Waals surface area contributed by atoms with E-state index in [0.717, 1.165) is 45.6 Å². The molecule has 1 aliphatic heterocycles. The van der Waals surface area contributed by atoms with E-state index in [1.165, 1.54) is 12.8 Å². The largest absolute Gasteiger partial charge is 0.385 e. The molecular formula is C12H26N2O2. The van der Waals surface area contributed by atoms with Crippen LogP contribution in [0.15, 0.2) is 0 Å². The average Bonchev–Trinajstić information content (AvgIpc) is 2.78. The second-order valence-corrected chi connectivity index (χ2v) is 4.52. The fourth-order valence-corrected chi connectivity index (χ4v) is 2.01. The Kier molecular flexibility index (Phi) is 7.76. The van der Waals surface area contributed by atoms with Crippen molar-refractivity contribution in [2.24, 2.45) is 5.73 Å². The lowest BCUT2D eigenvalue weighted by molar-refractivity contribution is 0.104. The van der Waals surface area contributed by atoms with Crippen LogP contribution >= 0.6 is 0 Å². The van der Waals surface area contributed by atoms with Gasteiger partial charge in [-0.05, 0) is 38.6 Å². The van der Waals surface area contributed by atoms with Gasteiger partial charge in [0.2, 0.25) is 0 Å². The molecule has 2 unspecified atom stereocenters. The maximum absolute atomic E-state index is 5.96. The summed E-state index contributed by atoms with van der Waals surface area (Å²) in [6, 6.07) is 0.250. The standard InChI is InChI=1S/C12H26N2O2/c1-15-8-2-4-11(13)10-14-7-6-12-5-3-9-16-12/h11-12,14H,2-10,13H2,1H3. The maximum Gasteiger partial charge on any atom is 0.0588 e. The Morgan fingerprint density at radius 2 is 2.44 bits per heavy atom. The molecule has 4 heteroatoms. The molecule has 1 aliphatic rings. The van der Waals surface area contributed by atoms with E-state index in [-0.39, 0.29) is 6.04 Å². The predicted octanol–water partition coefficient (Wildman–Crippen LogP) is 0.899. The smallest absolute Gasteiger partial charge is 0.0588 e. The van der Waals surface area contributed by atoms with Crippen LogP contribution in [0.5, 0.6) is 0 Å². The molecule has 0 aromatic rings. The van der Waals surface area contributed by atoms with E-state index in [1.54, 1.807) is 7.11 Å². The first-order chi connectivity index (χ1) is 7.83. The fourth-order valence-electron chi connectivity index (χ4n) is 2.01. The third kappa shape index (κ3) is 6.43. The van der Waals surface area contributed by atoms with Crippen LogP contribution in [0.25, 0.3) is 0 Å². The molecule has 1 rings (SSSR count). The first-order valence-corrected chi connectivity index (χ1v) is 6.39. The minimum atomic E-state index is 0.250. The highest BCUT2D eigenvalue weighted by Crippen LogP contribution is 2.14. The Bertz CT molecular complexity index is 161. The van der Waals surface area contributed by atoms with E-state index in [0.29, 0.717) is 6.10 Å². The Labute approximate surface area is 98.9 Å². The van der Waals surface area contributed by atoms with E-state index >= 15 is 0 Å². The molecule has 96 valence electrons. The summed E-state index contributed by atoms with van der Waals surface area (Å²) in [4.78, 5) is 0. The van der Waals surface area contributed by atoms with Crippen LogP contribution in [0.3, 0.4) is 0 Å². The van der Waals surface area contributed by atoms with Gasteiger partial charge in [-0.3, -0.25) is 0 Å². The van der Waals surface area contributed by atoms with Crippen LogP contribution in [0.1, 0.15) is 32.1 Å². The monoisotopic (exact) mass is 230 g/mol. The summed E-state index contributed by atoms with van der Waals surface area (Å²) in [6.45, 7) is 3.67. The summed E-state index contributed by atoms with van der Waals surface area (Å²) in [6.07, 6.45) is 6.12. The zero-order valence-electron chi connectivity index (χ0n) is 10.4. The van der Waals surface area contributed by atoms with Gasteiger partial charge in [-0.25, -0.2) is 0 Å². The lowest BCUT2D eigenvalue weighted by atomic mass is 10.1. The highest BCUT2D eigenvalue weighted by atomic mass is 16.5. The molecule has 0 aromatic heterocycles. The van der Waals surface area contributed by atoms with Gasteiger partial charge < -0.3 is 20.5 Å². The molecular weight excluding hydrogens is 204 g/mol.